The van der Waals surface area contributed by atoms with Crippen LogP contribution in [0.1, 0.15) is 5.56 Å². The van der Waals surface area contributed by atoms with E-state index in [1.807, 2.05) is 43.3 Å². The number of nitrogens with one attached hydrogen (secondary N) is 1. The lowest BCUT2D eigenvalue weighted by molar-refractivity contribution is 1.41. The summed E-state index contributed by atoms with van der Waals surface area (Å²) in [6.45, 7) is 2.00. The molecule has 3 rings (SSSR count). The van der Waals surface area contributed by atoms with Crippen molar-refractivity contribution in [1.29, 1.82) is 0 Å². The van der Waals surface area contributed by atoms with Gasteiger partial charge in [0.05, 0.1) is 5.52 Å². The quantitative estimate of drug-likeness (QED) is 0.678. The first-order chi connectivity index (χ1) is 9.22. The van der Waals surface area contributed by atoms with Crippen molar-refractivity contribution in [3.63, 3.8) is 0 Å². The van der Waals surface area contributed by atoms with Crippen LogP contribution in [0.3, 0.4) is 0 Å². The van der Waals surface area contributed by atoms with E-state index in [1.165, 1.54) is 0 Å². The van der Waals surface area contributed by atoms with E-state index in [2.05, 4.69) is 22.4 Å². The van der Waals surface area contributed by atoms with Crippen molar-refractivity contribution in [2.75, 3.05) is 11.1 Å². The van der Waals surface area contributed by atoms with Crippen molar-refractivity contribution in [1.82, 2.24) is 4.98 Å². The average Bonchev–Trinajstić information content (AvgIpc) is 2.43. The molecule has 3 nitrogen and oxygen atoms in total. The molecule has 3 N–H and O–H groups in total. The minimum absolute atomic E-state index is 0.799. The zero-order chi connectivity index (χ0) is 13.2. The maximum Gasteiger partial charge on any atom is 0.0703 e. The molecule has 0 spiro atoms. The molecule has 0 bridgehead atoms. The van der Waals surface area contributed by atoms with Crippen LogP contribution in [0, 0.1) is 6.92 Å². The highest BCUT2D eigenvalue weighted by molar-refractivity contribution is 5.83. The van der Waals surface area contributed by atoms with E-state index in [0.29, 0.717) is 0 Å². The van der Waals surface area contributed by atoms with Gasteiger partial charge in [-0.2, -0.15) is 0 Å². The fourth-order valence-electron chi connectivity index (χ4n) is 2.04. The van der Waals surface area contributed by atoms with Gasteiger partial charge in [0.2, 0.25) is 0 Å². The number of benzene rings is 2. The predicted molar refractivity (Wildman–Crippen MR) is 80.6 cm³/mol. The first kappa shape index (κ1) is 11.5. The van der Waals surface area contributed by atoms with Crippen LogP contribution in [0.4, 0.5) is 17.1 Å². The van der Waals surface area contributed by atoms with E-state index < -0.39 is 0 Å². The Balaban J connectivity index is 1.94. The normalized spacial score (nSPS) is 10.6. The van der Waals surface area contributed by atoms with Crippen LogP contribution in [-0.4, -0.2) is 4.98 Å². The smallest absolute Gasteiger partial charge is 0.0703 e. The van der Waals surface area contributed by atoms with E-state index in [-0.39, 0.29) is 0 Å². The summed E-state index contributed by atoms with van der Waals surface area (Å²) in [4.78, 5) is 4.31. The van der Waals surface area contributed by atoms with Crippen molar-refractivity contribution in [3.05, 3.63) is 60.3 Å². The second-order valence-electron chi connectivity index (χ2n) is 4.61. The summed E-state index contributed by atoms with van der Waals surface area (Å²) in [5.41, 5.74) is 10.8. The summed E-state index contributed by atoms with van der Waals surface area (Å²) < 4.78 is 0. The number of nitrogen functional groups attached to an aromatic ring is 1. The molecule has 3 aromatic rings. The highest BCUT2D eigenvalue weighted by Crippen LogP contribution is 2.23. The van der Waals surface area contributed by atoms with E-state index in [4.69, 9.17) is 5.73 Å². The van der Waals surface area contributed by atoms with Gasteiger partial charge in [-0.25, -0.2) is 0 Å². The minimum Gasteiger partial charge on any atom is -0.398 e. The molecule has 19 heavy (non-hydrogen) atoms. The van der Waals surface area contributed by atoms with E-state index >= 15 is 0 Å². The molecule has 0 radical (unpaired) electrons. The van der Waals surface area contributed by atoms with Crippen LogP contribution in [0.15, 0.2) is 54.7 Å². The maximum absolute atomic E-state index is 5.91. The van der Waals surface area contributed by atoms with E-state index in [0.717, 1.165) is 33.5 Å². The number of nitrogens with zero attached hydrogens (tertiary/aromatic N) is 1. The van der Waals surface area contributed by atoms with Crippen LogP contribution in [-0.2, 0) is 0 Å². The summed E-state index contributed by atoms with van der Waals surface area (Å²) in [5.74, 6) is 0. The molecule has 0 saturated heterocycles. The lowest BCUT2D eigenvalue weighted by Crippen LogP contribution is -1.94. The molecule has 0 aliphatic heterocycles. The number of aryl methyl sites for hydroxylation is 1. The highest BCUT2D eigenvalue weighted by Gasteiger charge is 2.00. The Hall–Kier alpha value is -2.55. The monoisotopic (exact) mass is 249 g/mol. The van der Waals surface area contributed by atoms with Gasteiger partial charge in [0.1, 0.15) is 0 Å². The highest BCUT2D eigenvalue weighted by atomic mass is 14.9. The van der Waals surface area contributed by atoms with Crippen molar-refractivity contribution in [2.45, 2.75) is 6.92 Å². The van der Waals surface area contributed by atoms with Crippen LogP contribution >= 0.6 is 0 Å². The third-order valence-electron chi connectivity index (χ3n) is 3.17. The molecule has 94 valence electrons. The Labute approximate surface area is 112 Å². The fourth-order valence-corrected chi connectivity index (χ4v) is 2.04. The summed E-state index contributed by atoms with van der Waals surface area (Å²) in [5, 5.41) is 4.47. The Morgan fingerprint density at radius 2 is 1.79 bits per heavy atom. The number of pyridine rings is 1. The Morgan fingerprint density at radius 1 is 1.00 bits per heavy atom. The Morgan fingerprint density at radius 3 is 2.63 bits per heavy atom. The molecular formula is C16H15N3. The lowest BCUT2D eigenvalue weighted by atomic mass is 10.1. The molecule has 0 atom stereocenters. The van der Waals surface area contributed by atoms with Gasteiger partial charge in [-0.05, 0) is 48.9 Å². The van der Waals surface area contributed by atoms with Crippen molar-refractivity contribution in [2.24, 2.45) is 0 Å². The average molecular weight is 249 g/mol. The van der Waals surface area contributed by atoms with E-state index in [9.17, 15) is 0 Å². The van der Waals surface area contributed by atoms with Crippen LogP contribution in [0.2, 0.25) is 0 Å². The second-order valence-corrected chi connectivity index (χ2v) is 4.61. The number of hydrogen-bond donors (Lipinski definition) is 2. The zero-order valence-corrected chi connectivity index (χ0v) is 10.7. The second kappa shape index (κ2) is 4.61. The zero-order valence-electron chi connectivity index (χ0n) is 10.7. The van der Waals surface area contributed by atoms with Crippen LogP contribution in [0.5, 0.6) is 0 Å². The number of fused-ring (bicyclic) bond motifs is 1. The first-order valence-corrected chi connectivity index (χ1v) is 6.20. The lowest BCUT2D eigenvalue weighted by Gasteiger charge is -2.09. The van der Waals surface area contributed by atoms with Crippen LogP contribution < -0.4 is 11.1 Å². The molecule has 1 heterocycles. The van der Waals surface area contributed by atoms with E-state index in [1.54, 1.807) is 6.20 Å². The first-order valence-electron chi connectivity index (χ1n) is 6.20. The third kappa shape index (κ3) is 2.36. The van der Waals surface area contributed by atoms with Crippen molar-refractivity contribution >= 4 is 28.0 Å². The topological polar surface area (TPSA) is 50.9 Å². The van der Waals surface area contributed by atoms with Crippen LogP contribution in [0.25, 0.3) is 10.9 Å². The SMILES string of the molecule is Cc1ccc(Nc2ccc3ncccc3c2)cc1N. The third-order valence-corrected chi connectivity index (χ3v) is 3.17. The number of anilines is 3. The van der Waals surface area contributed by atoms with Crippen molar-refractivity contribution in [3.8, 4) is 0 Å². The van der Waals surface area contributed by atoms with Gasteiger partial charge in [0, 0.05) is 28.6 Å². The standard InChI is InChI=1S/C16H15N3/c1-11-4-5-14(10-15(11)17)19-13-6-7-16-12(9-13)3-2-8-18-16/h2-10,19H,17H2,1H3. The van der Waals surface area contributed by atoms with Gasteiger partial charge in [-0.3, -0.25) is 4.98 Å². The molecule has 0 amide bonds. The van der Waals surface area contributed by atoms with Crippen molar-refractivity contribution < 1.29 is 0 Å². The summed E-state index contributed by atoms with van der Waals surface area (Å²) in [6.07, 6.45) is 1.80. The minimum atomic E-state index is 0.799. The van der Waals surface area contributed by atoms with Gasteiger partial charge < -0.3 is 11.1 Å². The summed E-state index contributed by atoms with van der Waals surface area (Å²) in [7, 11) is 0. The summed E-state index contributed by atoms with van der Waals surface area (Å²) in [6, 6.07) is 16.1. The Kier molecular flexibility index (Phi) is 2.80. The van der Waals surface area contributed by atoms with Gasteiger partial charge in [-0.15, -0.1) is 0 Å². The number of nitrogens with two attached hydrogens (primary N) is 1. The molecule has 0 fully saturated rings. The van der Waals surface area contributed by atoms with Gasteiger partial charge >= 0.3 is 0 Å². The van der Waals surface area contributed by atoms with Gasteiger partial charge in [-0.1, -0.05) is 12.1 Å². The number of aromatic nitrogens is 1. The van der Waals surface area contributed by atoms with Gasteiger partial charge in [0.25, 0.3) is 0 Å². The molecule has 0 saturated carbocycles. The number of hydrogen-bond acceptors (Lipinski definition) is 3. The summed E-state index contributed by atoms with van der Waals surface area (Å²) >= 11 is 0. The molecule has 2 aromatic carbocycles. The molecule has 0 unspecified atom stereocenters. The molecule has 0 aliphatic rings. The fraction of sp³-hybridized carbons (Fsp3) is 0.0625. The number of rotatable bonds is 2. The molecule has 3 heteroatoms. The maximum atomic E-state index is 5.91. The largest absolute Gasteiger partial charge is 0.398 e. The Bertz CT molecular complexity index is 735. The van der Waals surface area contributed by atoms with Gasteiger partial charge in [0.15, 0.2) is 0 Å². The molecule has 0 aliphatic carbocycles. The molecular weight excluding hydrogens is 234 g/mol. The predicted octanol–water partition coefficient (Wildman–Crippen LogP) is 3.87. The molecule has 1 aromatic heterocycles.